The predicted octanol–water partition coefficient (Wildman–Crippen LogP) is 3.63. The molecule has 0 saturated heterocycles. The third kappa shape index (κ3) is 5.92. The first-order valence-corrected chi connectivity index (χ1v) is 5.47. The van der Waals surface area contributed by atoms with E-state index in [0.29, 0.717) is 0 Å². The number of thiol groups is 2. The zero-order valence-electron chi connectivity index (χ0n) is 7.75. The van der Waals surface area contributed by atoms with Gasteiger partial charge in [0.05, 0.1) is 0 Å². The average Bonchev–Trinajstić information content (AvgIpc) is 1.98. The van der Waals surface area contributed by atoms with Crippen molar-refractivity contribution in [2.24, 2.45) is 11.8 Å². The lowest BCUT2D eigenvalue weighted by Crippen LogP contribution is -2.07. The minimum absolute atomic E-state index is 0.265. The third-order valence-electron chi connectivity index (χ3n) is 2.50. The molecular weight excluding hydrogens is 172 g/mol. The Morgan fingerprint density at radius 3 is 1.91 bits per heavy atom. The van der Waals surface area contributed by atoms with Crippen LogP contribution in [-0.4, -0.2) is 4.58 Å². The first-order chi connectivity index (χ1) is 5.07. The summed E-state index contributed by atoms with van der Waals surface area (Å²) >= 11 is 8.47. The highest BCUT2D eigenvalue weighted by Crippen LogP contribution is 2.22. The Hall–Kier alpha value is 0.700. The molecule has 0 aliphatic heterocycles. The van der Waals surface area contributed by atoms with Gasteiger partial charge in [-0.1, -0.05) is 27.2 Å². The maximum atomic E-state index is 4.23. The maximum absolute atomic E-state index is 4.23. The summed E-state index contributed by atoms with van der Waals surface area (Å²) in [5, 5.41) is 0. The van der Waals surface area contributed by atoms with Gasteiger partial charge in [-0.25, -0.2) is 0 Å². The molecule has 0 aromatic heterocycles. The summed E-state index contributed by atoms with van der Waals surface area (Å²) in [7, 11) is 0. The van der Waals surface area contributed by atoms with Gasteiger partial charge in [0.15, 0.2) is 0 Å². The van der Waals surface area contributed by atoms with Gasteiger partial charge in [0.25, 0.3) is 0 Å². The van der Waals surface area contributed by atoms with E-state index in [2.05, 4.69) is 46.0 Å². The molecule has 0 aromatic carbocycles. The first-order valence-electron chi connectivity index (χ1n) is 4.44. The Balaban J connectivity index is 3.43. The third-order valence-corrected chi connectivity index (χ3v) is 3.01. The van der Waals surface area contributed by atoms with Crippen molar-refractivity contribution in [2.45, 2.75) is 44.6 Å². The Labute approximate surface area is 82.0 Å². The van der Waals surface area contributed by atoms with Crippen LogP contribution in [0.25, 0.3) is 0 Å². The van der Waals surface area contributed by atoms with Crippen molar-refractivity contribution in [1.29, 1.82) is 0 Å². The van der Waals surface area contributed by atoms with Crippen molar-refractivity contribution >= 4 is 25.3 Å². The lowest BCUT2D eigenvalue weighted by Gasteiger charge is -2.18. The molecule has 0 spiro atoms. The monoisotopic (exact) mass is 192 g/mol. The van der Waals surface area contributed by atoms with E-state index in [0.717, 1.165) is 18.3 Å². The molecule has 0 saturated carbocycles. The maximum Gasteiger partial charge on any atom is 0.0442 e. The van der Waals surface area contributed by atoms with E-state index >= 15 is 0 Å². The molecule has 0 bridgehead atoms. The normalized spacial score (nSPS) is 16.9. The van der Waals surface area contributed by atoms with Crippen molar-refractivity contribution in [2.75, 3.05) is 0 Å². The minimum Gasteiger partial charge on any atom is -0.165 e. The highest BCUT2D eigenvalue weighted by atomic mass is 32.2. The standard InChI is InChI=1S/C9H20S2/c1-4-7(2)8(3)5-6-9(10)11/h7-11H,4-6H2,1-3H3/t7?,8-/m0/s1. The molecule has 2 atom stereocenters. The van der Waals surface area contributed by atoms with Gasteiger partial charge in [-0.15, -0.1) is 0 Å². The van der Waals surface area contributed by atoms with E-state index < -0.39 is 0 Å². The van der Waals surface area contributed by atoms with Crippen LogP contribution < -0.4 is 0 Å². The van der Waals surface area contributed by atoms with Gasteiger partial charge < -0.3 is 0 Å². The number of hydrogen-bond acceptors (Lipinski definition) is 2. The van der Waals surface area contributed by atoms with Crippen molar-refractivity contribution in [1.82, 2.24) is 0 Å². The molecule has 0 radical (unpaired) electrons. The number of hydrogen-bond donors (Lipinski definition) is 2. The smallest absolute Gasteiger partial charge is 0.0442 e. The van der Waals surface area contributed by atoms with Crippen LogP contribution in [0.1, 0.15) is 40.0 Å². The quantitative estimate of drug-likeness (QED) is 0.482. The fraction of sp³-hybridized carbons (Fsp3) is 1.00. The van der Waals surface area contributed by atoms with Crippen LogP contribution in [-0.2, 0) is 0 Å². The first kappa shape index (κ1) is 11.7. The second-order valence-electron chi connectivity index (χ2n) is 3.42. The molecule has 0 fully saturated rings. The SMILES string of the molecule is CCC(C)[C@@H](C)CCC(S)S. The van der Waals surface area contributed by atoms with E-state index in [-0.39, 0.29) is 4.58 Å². The van der Waals surface area contributed by atoms with Crippen LogP contribution >= 0.6 is 25.3 Å². The highest BCUT2D eigenvalue weighted by Gasteiger charge is 2.10. The summed E-state index contributed by atoms with van der Waals surface area (Å²) in [6.45, 7) is 6.88. The summed E-state index contributed by atoms with van der Waals surface area (Å²) in [5.74, 6) is 1.66. The second-order valence-corrected chi connectivity index (χ2v) is 5.07. The molecule has 0 amide bonds. The van der Waals surface area contributed by atoms with Crippen molar-refractivity contribution in [3.63, 3.8) is 0 Å². The summed E-state index contributed by atoms with van der Waals surface area (Å²) in [6.07, 6.45) is 3.66. The van der Waals surface area contributed by atoms with Gasteiger partial charge >= 0.3 is 0 Å². The summed E-state index contributed by atoms with van der Waals surface area (Å²) in [5.41, 5.74) is 0. The van der Waals surface area contributed by atoms with Gasteiger partial charge in [0.1, 0.15) is 0 Å². The van der Waals surface area contributed by atoms with E-state index in [1.807, 2.05) is 0 Å². The van der Waals surface area contributed by atoms with E-state index in [1.54, 1.807) is 0 Å². The fourth-order valence-electron chi connectivity index (χ4n) is 1.10. The van der Waals surface area contributed by atoms with E-state index in [4.69, 9.17) is 0 Å². The van der Waals surface area contributed by atoms with Crippen LogP contribution in [0.2, 0.25) is 0 Å². The van der Waals surface area contributed by atoms with Crippen LogP contribution in [0.3, 0.4) is 0 Å². The van der Waals surface area contributed by atoms with Gasteiger partial charge in [0, 0.05) is 4.58 Å². The molecule has 0 aliphatic rings. The molecule has 0 rings (SSSR count). The van der Waals surface area contributed by atoms with Crippen LogP contribution in [0.4, 0.5) is 0 Å². The minimum atomic E-state index is 0.265. The van der Waals surface area contributed by atoms with Gasteiger partial charge in [-0.05, 0) is 24.7 Å². The molecule has 2 heteroatoms. The molecule has 0 aliphatic carbocycles. The van der Waals surface area contributed by atoms with Crippen LogP contribution in [0, 0.1) is 11.8 Å². The Kier molecular flexibility index (Phi) is 6.64. The van der Waals surface area contributed by atoms with E-state index in [9.17, 15) is 0 Å². The van der Waals surface area contributed by atoms with Gasteiger partial charge in [0.2, 0.25) is 0 Å². The molecule has 0 heterocycles. The molecule has 11 heavy (non-hydrogen) atoms. The highest BCUT2D eigenvalue weighted by molar-refractivity contribution is 7.99. The lowest BCUT2D eigenvalue weighted by atomic mass is 9.90. The zero-order chi connectivity index (χ0) is 8.85. The molecule has 1 unspecified atom stereocenters. The topological polar surface area (TPSA) is 0 Å². The lowest BCUT2D eigenvalue weighted by molar-refractivity contribution is 0.352. The summed E-state index contributed by atoms with van der Waals surface area (Å²) < 4.78 is 0.265. The summed E-state index contributed by atoms with van der Waals surface area (Å²) in [4.78, 5) is 0. The van der Waals surface area contributed by atoms with Crippen LogP contribution in [0.15, 0.2) is 0 Å². The van der Waals surface area contributed by atoms with Gasteiger partial charge in [-0.2, -0.15) is 25.3 Å². The Morgan fingerprint density at radius 1 is 1.00 bits per heavy atom. The fourth-order valence-corrected chi connectivity index (χ4v) is 1.40. The number of rotatable bonds is 5. The average molecular weight is 192 g/mol. The Morgan fingerprint density at radius 2 is 1.55 bits per heavy atom. The zero-order valence-corrected chi connectivity index (χ0v) is 9.54. The Bertz CT molecular complexity index is 91.6. The predicted molar refractivity (Wildman–Crippen MR) is 59.6 cm³/mol. The van der Waals surface area contributed by atoms with Crippen molar-refractivity contribution in [3.05, 3.63) is 0 Å². The summed E-state index contributed by atoms with van der Waals surface area (Å²) in [6, 6.07) is 0. The second kappa shape index (κ2) is 6.24. The molecule has 68 valence electrons. The van der Waals surface area contributed by atoms with Crippen molar-refractivity contribution < 1.29 is 0 Å². The van der Waals surface area contributed by atoms with Crippen molar-refractivity contribution in [3.8, 4) is 0 Å². The van der Waals surface area contributed by atoms with Crippen LogP contribution in [0.5, 0.6) is 0 Å². The molecule has 0 aromatic rings. The molecule has 0 nitrogen and oxygen atoms in total. The van der Waals surface area contributed by atoms with E-state index in [1.165, 1.54) is 12.8 Å². The molecule has 0 N–H and O–H groups in total. The van der Waals surface area contributed by atoms with Gasteiger partial charge in [-0.3, -0.25) is 0 Å². The molecular formula is C9H20S2. The largest absolute Gasteiger partial charge is 0.165 e.